The van der Waals surface area contributed by atoms with E-state index in [2.05, 4.69) is 9.97 Å². The van der Waals surface area contributed by atoms with Gasteiger partial charge in [0, 0.05) is 24.8 Å². The van der Waals surface area contributed by atoms with E-state index in [9.17, 15) is 19.8 Å². The van der Waals surface area contributed by atoms with E-state index in [1.54, 1.807) is 24.8 Å². The van der Waals surface area contributed by atoms with Crippen molar-refractivity contribution in [3.8, 4) is 11.5 Å². The monoisotopic (exact) mass is 495 g/mol. The molecule has 0 bridgehead atoms. The van der Waals surface area contributed by atoms with Crippen molar-refractivity contribution >= 4 is 11.9 Å². The number of phenolic OH excluding ortho intramolecular Hbond substituents is 2. The van der Waals surface area contributed by atoms with Gasteiger partial charge >= 0.3 is 17.1 Å². The summed E-state index contributed by atoms with van der Waals surface area (Å²) in [5, 5.41) is 37.7. The van der Waals surface area contributed by atoms with E-state index in [-0.39, 0.29) is 39.7 Å². The molecular weight excluding hydrogens is 476 g/mol. The fraction of sp³-hybridized carbons (Fsp3) is 0. The molecule has 0 aliphatic heterocycles. The molecule has 0 atom stereocenters. The first kappa shape index (κ1) is 28.8. The number of carbonyl (C=O) groups is 2. The summed E-state index contributed by atoms with van der Waals surface area (Å²) in [6.07, 6.45) is 7.00. The fourth-order valence-corrected chi connectivity index (χ4v) is 1.82. The van der Waals surface area contributed by atoms with E-state index >= 15 is 0 Å². The summed E-state index contributed by atoms with van der Waals surface area (Å²) in [4.78, 5) is 27.8. The molecule has 2 aromatic heterocycles. The first-order chi connectivity index (χ1) is 15.4. The second-order valence-electron chi connectivity index (χ2n) is 5.72. The molecule has 4 rings (SSSR count). The van der Waals surface area contributed by atoms with Gasteiger partial charge in [0.1, 0.15) is 11.5 Å². The number of hydrogen-bond acceptors (Lipinski definition) is 8. The van der Waals surface area contributed by atoms with Crippen molar-refractivity contribution in [2.24, 2.45) is 0 Å². The first-order valence-electron chi connectivity index (χ1n) is 9.11. The second-order valence-corrected chi connectivity index (χ2v) is 5.72. The van der Waals surface area contributed by atoms with Crippen LogP contribution in [0.5, 0.6) is 11.5 Å². The standard InChI is InChI=1S/2C7H6O3.2C5H5N.Cu/c2*8-6-3-1-5(2-4-6)7(9)10;2*1-2-4-6-5-3-1;/h2*1-4,8H,(H,9,10);2*1-5H;/q;;;;+2/p-2. The topological polar surface area (TPSA) is 146 Å². The Morgan fingerprint density at radius 1 is 0.545 bits per heavy atom. The number of rotatable bonds is 2. The predicted molar refractivity (Wildman–Crippen MR) is 113 cm³/mol. The molecule has 0 amide bonds. The van der Waals surface area contributed by atoms with E-state index in [4.69, 9.17) is 10.2 Å². The van der Waals surface area contributed by atoms with E-state index < -0.39 is 11.9 Å². The third-order valence-corrected chi connectivity index (χ3v) is 3.34. The minimum absolute atomic E-state index is 0. The zero-order valence-corrected chi connectivity index (χ0v) is 18.1. The van der Waals surface area contributed by atoms with Crippen LogP contribution in [0.4, 0.5) is 0 Å². The molecule has 2 N–H and O–H groups in total. The number of phenols is 2. The van der Waals surface area contributed by atoms with Gasteiger partial charge in [0.15, 0.2) is 0 Å². The van der Waals surface area contributed by atoms with Crippen molar-refractivity contribution in [3.63, 3.8) is 0 Å². The van der Waals surface area contributed by atoms with Crippen LogP contribution >= 0.6 is 0 Å². The molecule has 0 aliphatic carbocycles. The quantitative estimate of drug-likeness (QED) is 0.399. The van der Waals surface area contributed by atoms with Crippen LogP contribution in [0, 0.1) is 0 Å². The van der Waals surface area contributed by atoms with Crippen LogP contribution in [-0.4, -0.2) is 32.1 Å². The molecule has 0 unspecified atom stereocenters. The van der Waals surface area contributed by atoms with Crippen LogP contribution in [0.15, 0.2) is 110 Å². The molecule has 0 aliphatic rings. The number of nitrogens with zero attached hydrogens (tertiary/aromatic N) is 2. The molecule has 9 heteroatoms. The number of carboxylic acid groups (broad SMARTS) is 2. The van der Waals surface area contributed by atoms with Gasteiger partial charge in [-0.3, -0.25) is 9.97 Å². The molecule has 0 saturated heterocycles. The maximum atomic E-state index is 10.1. The van der Waals surface area contributed by atoms with Gasteiger partial charge in [0.2, 0.25) is 0 Å². The van der Waals surface area contributed by atoms with E-state index in [0.717, 1.165) is 0 Å². The third-order valence-electron chi connectivity index (χ3n) is 3.34. The molecule has 0 spiro atoms. The second kappa shape index (κ2) is 17.5. The maximum absolute atomic E-state index is 10.1. The van der Waals surface area contributed by atoms with Crippen molar-refractivity contribution in [2.75, 3.05) is 0 Å². The van der Waals surface area contributed by atoms with Gasteiger partial charge in [-0.2, -0.15) is 0 Å². The first-order valence-corrected chi connectivity index (χ1v) is 9.11. The smallest absolute Gasteiger partial charge is 0.545 e. The number of aromatic nitrogens is 2. The number of hydrogen-bond donors (Lipinski definition) is 2. The van der Waals surface area contributed by atoms with E-state index in [1.165, 1.54) is 48.5 Å². The molecule has 0 fully saturated rings. The average Bonchev–Trinajstić information content (AvgIpc) is 2.83. The Morgan fingerprint density at radius 3 is 0.970 bits per heavy atom. The molecule has 8 nitrogen and oxygen atoms in total. The van der Waals surface area contributed by atoms with Crippen LogP contribution in [0.3, 0.4) is 0 Å². The Balaban J connectivity index is 0.000000420. The van der Waals surface area contributed by atoms with Crippen molar-refractivity contribution in [1.29, 1.82) is 0 Å². The molecule has 33 heavy (non-hydrogen) atoms. The summed E-state index contributed by atoms with van der Waals surface area (Å²) in [6, 6.07) is 21.7. The van der Waals surface area contributed by atoms with Gasteiger partial charge < -0.3 is 30.0 Å². The summed E-state index contributed by atoms with van der Waals surface area (Å²) in [5.41, 5.74) is 0.135. The molecule has 2 heterocycles. The minimum Gasteiger partial charge on any atom is -0.545 e. The van der Waals surface area contributed by atoms with Crippen molar-refractivity contribution in [3.05, 3.63) is 121 Å². The minimum atomic E-state index is -1.24. The molecule has 173 valence electrons. The third kappa shape index (κ3) is 14.4. The van der Waals surface area contributed by atoms with Gasteiger partial charge in [0.05, 0.1) is 11.9 Å². The summed E-state index contributed by atoms with van der Waals surface area (Å²) in [5.74, 6) is -2.38. The summed E-state index contributed by atoms with van der Waals surface area (Å²) in [7, 11) is 0. The molecule has 2 aromatic carbocycles. The Labute approximate surface area is 201 Å². The fourth-order valence-electron chi connectivity index (χ4n) is 1.82. The number of carboxylic acids is 2. The van der Waals surface area contributed by atoms with Gasteiger partial charge in [-0.05, 0) is 83.9 Å². The summed E-state index contributed by atoms with van der Waals surface area (Å²) < 4.78 is 0. The van der Waals surface area contributed by atoms with Crippen LogP contribution in [0.25, 0.3) is 0 Å². The maximum Gasteiger partial charge on any atom is 2.00 e. The largest absolute Gasteiger partial charge is 2.00 e. The Bertz CT molecular complexity index is 892. The van der Waals surface area contributed by atoms with Crippen LogP contribution in [-0.2, 0) is 17.1 Å². The molecular formula is C24H20CuN2O6. The Morgan fingerprint density at radius 2 is 0.818 bits per heavy atom. The number of pyridine rings is 2. The van der Waals surface area contributed by atoms with Crippen molar-refractivity contribution < 1.29 is 47.1 Å². The van der Waals surface area contributed by atoms with Crippen LogP contribution in [0.1, 0.15) is 20.7 Å². The van der Waals surface area contributed by atoms with E-state index in [1.807, 2.05) is 36.4 Å². The number of carbonyl (C=O) groups excluding carboxylic acids is 2. The number of aromatic hydroxyl groups is 2. The number of aromatic carboxylic acids is 2. The summed E-state index contributed by atoms with van der Waals surface area (Å²) >= 11 is 0. The molecule has 1 radical (unpaired) electrons. The average molecular weight is 496 g/mol. The van der Waals surface area contributed by atoms with Crippen molar-refractivity contribution in [1.82, 2.24) is 9.97 Å². The van der Waals surface area contributed by atoms with Crippen molar-refractivity contribution in [2.45, 2.75) is 0 Å². The van der Waals surface area contributed by atoms with Crippen LogP contribution in [0.2, 0.25) is 0 Å². The number of benzene rings is 2. The predicted octanol–water partition coefficient (Wildman–Crippen LogP) is 1.67. The summed E-state index contributed by atoms with van der Waals surface area (Å²) in [6.45, 7) is 0. The van der Waals surface area contributed by atoms with Gasteiger partial charge in [-0.25, -0.2) is 0 Å². The Kier molecular flexibility index (Phi) is 15.3. The van der Waals surface area contributed by atoms with E-state index in [0.29, 0.717) is 0 Å². The molecule has 0 saturated carbocycles. The van der Waals surface area contributed by atoms with Gasteiger partial charge in [0.25, 0.3) is 0 Å². The van der Waals surface area contributed by atoms with Gasteiger partial charge in [-0.1, -0.05) is 12.1 Å². The Hall–Kier alpha value is -4.20. The molecule has 4 aromatic rings. The SMILES string of the molecule is O=C([O-])c1ccc(O)cc1.O=C([O-])c1ccc(O)cc1.[Cu+2].c1ccncc1.c1ccncc1. The van der Waals surface area contributed by atoms with Crippen LogP contribution < -0.4 is 10.2 Å². The normalized spacial score (nSPS) is 8.48. The van der Waals surface area contributed by atoms with Gasteiger partial charge in [-0.15, -0.1) is 0 Å². The zero-order valence-electron chi connectivity index (χ0n) is 17.1. The zero-order chi connectivity index (χ0) is 23.6.